The highest BCUT2D eigenvalue weighted by Crippen LogP contribution is 2.32. The molecule has 0 spiro atoms. The third-order valence-electron chi connectivity index (χ3n) is 3.87. The van der Waals surface area contributed by atoms with Crippen molar-refractivity contribution in [3.05, 3.63) is 79.0 Å². The van der Waals surface area contributed by atoms with Crippen molar-refractivity contribution in [1.29, 1.82) is 0 Å². The molecule has 2 aromatic carbocycles. The van der Waals surface area contributed by atoms with Crippen LogP contribution in [0, 0.1) is 0 Å². The van der Waals surface area contributed by atoms with Gasteiger partial charge in [-0.25, -0.2) is 4.98 Å². The van der Waals surface area contributed by atoms with E-state index in [9.17, 15) is 0 Å². The predicted octanol–water partition coefficient (Wildman–Crippen LogP) is 6.14. The maximum absolute atomic E-state index is 4.73. The first kappa shape index (κ1) is 15.6. The van der Waals surface area contributed by atoms with Gasteiger partial charge in [0.2, 0.25) is 0 Å². The average Bonchev–Trinajstić information content (AvgIpc) is 3.06. The standard InChI is InChI=1S/C20H16N4S/c1-25-17-11-7-10-16(14-17)22-23-20-19(15-8-3-2-4-9-15)21-18-12-5-6-13-24(18)20/h2-14H,1H3. The molecule has 0 unspecified atom stereocenters. The van der Waals surface area contributed by atoms with Crippen molar-refractivity contribution in [3.63, 3.8) is 0 Å². The monoisotopic (exact) mass is 344 g/mol. The summed E-state index contributed by atoms with van der Waals surface area (Å²) < 4.78 is 1.96. The predicted molar refractivity (Wildman–Crippen MR) is 103 cm³/mol. The first-order chi connectivity index (χ1) is 12.3. The molecule has 0 aliphatic carbocycles. The number of nitrogens with zero attached hydrogens (tertiary/aromatic N) is 4. The minimum atomic E-state index is 0.733. The molecule has 0 saturated heterocycles. The van der Waals surface area contributed by atoms with Crippen LogP contribution in [0.15, 0.2) is 94.1 Å². The van der Waals surface area contributed by atoms with Crippen molar-refractivity contribution in [1.82, 2.24) is 9.38 Å². The second kappa shape index (κ2) is 6.91. The van der Waals surface area contributed by atoms with E-state index in [1.165, 1.54) is 0 Å². The maximum Gasteiger partial charge on any atom is 0.187 e. The number of rotatable bonds is 4. The van der Waals surface area contributed by atoms with E-state index in [-0.39, 0.29) is 0 Å². The molecule has 4 nitrogen and oxygen atoms in total. The molecule has 5 heteroatoms. The molecule has 0 saturated carbocycles. The number of thioether (sulfide) groups is 1. The van der Waals surface area contributed by atoms with Crippen molar-refractivity contribution >= 4 is 28.9 Å². The third kappa shape index (κ3) is 3.19. The minimum absolute atomic E-state index is 0.733. The highest BCUT2D eigenvalue weighted by molar-refractivity contribution is 7.98. The second-order valence-corrected chi connectivity index (χ2v) is 6.36. The molecule has 2 aromatic heterocycles. The molecular formula is C20H16N4S. The van der Waals surface area contributed by atoms with Crippen LogP contribution < -0.4 is 0 Å². The van der Waals surface area contributed by atoms with Crippen LogP contribution >= 0.6 is 11.8 Å². The number of fused-ring (bicyclic) bond motifs is 1. The van der Waals surface area contributed by atoms with E-state index in [4.69, 9.17) is 4.98 Å². The van der Waals surface area contributed by atoms with Gasteiger partial charge in [-0.3, -0.25) is 4.40 Å². The molecule has 0 N–H and O–H groups in total. The summed E-state index contributed by atoms with van der Waals surface area (Å²) in [7, 11) is 0. The Labute approximate surface area is 150 Å². The molecule has 0 aliphatic heterocycles. The van der Waals surface area contributed by atoms with Gasteiger partial charge < -0.3 is 0 Å². The Morgan fingerprint density at radius 2 is 1.72 bits per heavy atom. The maximum atomic E-state index is 4.73. The van der Waals surface area contributed by atoms with Crippen LogP contribution in [0.3, 0.4) is 0 Å². The van der Waals surface area contributed by atoms with Crippen molar-refractivity contribution < 1.29 is 0 Å². The SMILES string of the molecule is CSc1cccc(N=Nc2c(-c3ccccc3)nc3ccccn23)c1. The van der Waals surface area contributed by atoms with Crippen LogP contribution in [0.1, 0.15) is 0 Å². The lowest BCUT2D eigenvalue weighted by atomic mass is 10.1. The van der Waals surface area contributed by atoms with Gasteiger partial charge in [0.15, 0.2) is 5.82 Å². The molecular weight excluding hydrogens is 328 g/mol. The quantitative estimate of drug-likeness (QED) is 0.330. The topological polar surface area (TPSA) is 42.0 Å². The van der Waals surface area contributed by atoms with Crippen LogP contribution in [0.25, 0.3) is 16.9 Å². The Kier molecular flexibility index (Phi) is 4.31. The van der Waals surface area contributed by atoms with Crippen molar-refractivity contribution in [2.45, 2.75) is 4.90 Å². The van der Waals surface area contributed by atoms with Gasteiger partial charge in [-0.2, -0.15) is 0 Å². The summed E-state index contributed by atoms with van der Waals surface area (Å²) in [5.41, 5.74) is 3.54. The molecule has 4 rings (SSSR count). The van der Waals surface area contributed by atoms with E-state index < -0.39 is 0 Å². The summed E-state index contributed by atoms with van der Waals surface area (Å²) in [5.74, 6) is 0.733. The molecule has 2 heterocycles. The van der Waals surface area contributed by atoms with Crippen molar-refractivity contribution in [3.8, 4) is 11.3 Å². The molecule has 25 heavy (non-hydrogen) atoms. The molecule has 0 aliphatic rings. The number of benzene rings is 2. The molecule has 0 atom stereocenters. The summed E-state index contributed by atoms with van der Waals surface area (Å²) in [6.45, 7) is 0. The van der Waals surface area contributed by atoms with E-state index in [2.05, 4.69) is 16.3 Å². The van der Waals surface area contributed by atoms with Gasteiger partial charge in [0.25, 0.3) is 0 Å². The van der Waals surface area contributed by atoms with Crippen LogP contribution in [-0.4, -0.2) is 15.6 Å². The lowest BCUT2D eigenvalue weighted by molar-refractivity contribution is 1.10. The Morgan fingerprint density at radius 3 is 2.56 bits per heavy atom. The fraction of sp³-hybridized carbons (Fsp3) is 0.0500. The van der Waals surface area contributed by atoms with Crippen LogP contribution in [-0.2, 0) is 0 Å². The van der Waals surface area contributed by atoms with Gasteiger partial charge in [-0.1, -0.05) is 42.5 Å². The number of hydrogen-bond donors (Lipinski definition) is 0. The third-order valence-corrected chi connectivity index (χ3v) is 4.59. The molecule has 0 radical (unpaired) electrons. The first-order valence-corrected chi connectivity index (χ1v) is 9.16. The number of azo groups is 1. The van der Waals surface area contributed by atoms with Gasteiger partial charge in [0, 0.05) is 16.7 Å². The minimum Gasteiger partial charge on any atom is -0.283 e. The zero-order chi connectivity index (χ0) is 17.1. The van der Waals surface area contributed by atoms with E-state index in [1.807, 2.05) is 83.6 Å². The summed E-state index contributed by atoms with van der Waals surface area (Å²) >= 11 is 1.69. The molecule has 0 bridgehead atoms. The average molecular weight is 344 g/mol. The van der Waals surface area contributed by atoms with Gasteiger partial charge in [0.1, 0.15) is 11.3 Å². The number of pyridine rings is 1. The van der Waals surface area contributed by atoms with Crippen LogP contribution in [0.4, 0.5) is 11.5 Å². The van der Waals surface area contributed by atoms with Crippen molar-refractivity contribution in [2.24, 2.45) is 10.2 Å². The first-order valence-electron chi connectivity index (χ1n) is 7.93. The summed E-state index contributed by atoms with van der Waals surface area (Å²) in [6.07, 6.45) is 4.01. The highest BCUT2D eigenvalue weighted by atomic mass is 32.2. The Hall–Kier alpha value is -2.92. The van der Waals surface area contributed by atoms with Gasteiger partial charge in [0.05, 0.1) is 5.69 Å². The Morgan fingerprint density at radius 1 is 0.880 bits per heavy atom. The van der Waals surface area contributed by atoms with Gasteiger partial charge >= 0.3 is 0 Å². The smallest absolute Gasteiger partial charge is 0.187 e. The lowest BCUT2D eigenvalue weighted by Gasteiger charge is -2.00. The van der Waals surface area contributed by atoms with E-state index in [1.54, 1.807) is 11.8 Å². The summed E-state index contributed by atoms with van der Waals surface area (Å²) in [6, 6.07) is 24.0. The lowest BCUT2D eigenvalue weighted by Crippen LogP contribution is -1.81. The summed E-state index contributed by atoms with van der Waals surface area (Å²) in [5, 5.41) is 8.98. The van der Waals surface area contributed by atoms with Crippen LogP contribution in [0.5, 0.6) is 0 Å². The molecule has 4 aromatic rings. The molecule has 0 fully saturated rings. The fourth-order valence-corrected chi connectivity index (χ4v) is 3.10. The second-order valence-electron chi connectivity index (χ2n) is 5.48. The number of hydrogen-bond acceptors (Lipinski definition) is 4. The Bertz CT molecular complexity index is 1040. The largest absolute Gasteiger partial charge is 0.283 e. The number of aromatic nitrogens is 2. The van der Waals surface area contributed by atoms with Crippen LogP contribution in [0.2, 0.25) is 0 Å². The van der Waals surface area contributed by atoms with Crippen molar-refractivity contribution in [2.75, 3.05) is 6.26 Å². The van der Waals surface area contributed by atoms with Gasteiger partial charge in [-0.15, -0.1) is 22.0 Å². The highest BCUT2D eigenvalue weighted by Gasteiger charge is 2.13. The zero-order valence-corrected chi connectivity index (χ0v) is 14.5. The fourth-order valence-electron chi connectivity index (χ4n) is 2.65. The van der Waals surface area contributed by atoms with Gasteiger partial charge in [-0.05, 0) is 36.6 Å². The number of imidazole rings is 1. The normalized spacial score (nSPS) is 11.4. The molecule has 122 valence electrons. The van der Waals surface area contributed by atoms with E-state index in [0.29, 0.717) is 0 Å². The Balaban J connectivity index is 1.83. The zero-order valence-electron chi connectivity index (χ0n) is 13.7. The van der Waals surface area contributed by atoms with E-state index >= 15 is 0 Å². The molecule has 0 amide bonds. The summed E-state index contributed by atoms with van der Waals surface area (Å²) in [4.78, 5) is 5.90. The van der Waals surface area contributed by atoms with E-state index in [0.717, 1.165) is 33.3 Å².